The highest BCUT2D eigenvalue weighted by Gasteiger charge is 2.47. The van der Waals surface area contributed by atoms with E-state index < -0.39 is 43.6 Å². The van der Waals surface area contributed by atoms with Crippen LogP contribution in [0.15, 0.2) is 11.1 Å². The third-order valence-electron chi connectivity index (χ3n) is 3.44. The minimum atomic E-state index is -1.30. The Hall–Kier alpha value is -2.12. The number of rotatable bonds is 5. The number of aromatic amines is 1. The number of nitrogen functional groups attached to an aromatic ring is 1. The van der Waals surface area contributed by atoms with E-state index in [0.29, 0.717) is 0 Å². The van der Waals surface area contributed by atoms with E-state index in [1.807, 2.05) is 0 Å². The van der Waals surface area contributed by atoms with Gasteiger partial charge in [-0.15, -0.1) is 0 Å². The molecular weight excluding hydrogens is 317 g/mol. The molecule has 5 N–H and O–H groups in total. The summed E-state index contributed by atoms with van der Waals surface area (Å²) in [5.41, 5.74) is 5.02. The second-order valence-electron chi connectivity index (χ2n) is 4.80. The Labute approximate surface area is 127 Å². The van der Waals surface area contributed by atoms with Gasteiger partial charge in [0, 0.05) is 0 Å². The molecule has 23 heavy (non-hydrogen) atoms. The number of alkyl halides is 1. The Bertz CT molecular complexity index is 750. The van der Waals surface area contributed by atoms with Crippen LogP contribution in [0.3, 0.4) is 0 Å². The molecule has 4 atom stereocenters. The van der Waals surface area contributed by atoms with Crippen molar-refractivity contribution in [1.29, 1.82) is 0 Å². The average Bonchev–Trinajstić information content (AvgIpc) is 3.06. The molecule has 3 heterocycles. The van der Waals surface area contributed by atoms with E-state index in [2.05, 4.69) is 19.8 Å². The zero-order valence-corrected chi connectivity index (χ0v) is 11.6. The maximum absolute atomic E-state index is 12.2. The van der Waals surface area contributed by atoms with Crippen LogP contribution in [0.25, 0.3) is 11.2 Å². The summed E-state index contributed by atoms with van der Waals surface area (Å²) in [6, 6.07) is 0. The van der Waals surface area contributed by atoms with Crippen molar-refractivity contribution in [2.75, 3.05) is 19.2 Å². The molecule has 1 fully saturated rings. The maximum Gasteiger partial charge on any atom is 0.280 e. The smallest absolute Gasteiger partial charge is 0.280 e. The molecule has 0 aliphatic carbocycles. The van der Waals surface area contributed by atoms with Crippen molar-refractivity contribution >= 4 is 17.1 Å². The quantitative estimate of drug-likeness (QED) is 0.366. The average molecular weight is 331 g/mol. The number of aliphatic hydroxyl groups is 2. The van der Waals surface area contributed by atoms with Gasteiger partial charge in [0.2, 0.25) is 12.8 Å². The number of nitrogens with zero attached hydrogens (tertiary/aromatic N) is 3. The third kappa shape index (κ3) is 2.66. The molecule has 0 amide bonds. The number of nitrogens with one attached hydrogen (secondary N) is 1. The Morgan fingerprint density at radius 3 is 3.04 bits per heavy atom. The van der Waals surface area contributed by atoms with E-state index in [4.69, 9.17) is 15.4 Å². The lowest BCUT2D eigenvalue weighted by Gasteiger charge is -2.19. The van der Waals surface area contributed by atoms with Crippen molar-refractivity contribution in [3.63, 3.8) is 0 Å². The lowest BCUT2D eigenvalue weighted by Crippen LogP contribution is -2.35. The van der Waals surface area contributed by atoms with E-state index in [0.717, 1.165) is 0 Å². The lowest BCUT2D eigenvalue weighted by molar-refractivity contribution is -0.360. The first-order valence-corrected chi connectivity index (χ1v) is 6.57. The molecule has 126 valence electrons. The molecule has 1 aliphatic heterocycles. The first-order chi connectivity index (χ1) is 11.1. The van der Waals surface area contributed by atoms with Crippen LogP contribution in [0.1, 0.15) is 6.23 Å². The summed E-state index contributed by atoms with van der Waals surface area (Å²) in [5.74, 6) is -0.140. The summed E-state index contributed by atoms with van der Waals surface area (Å²) >= 11 is 0. The Morgan fingerprint density at radius 2 is 2.35 bits per heavy atom. The van der Waals surface area contributed by atoms with Crippen molar-refractivity contribution in [3.8, 4) is 0 Å². The van der Waals surface area contributed by atoms with Crippen LogP contribution >= 0.6 is 0 Å². The van der Waals surface area contributed by atoms with Gasteiger partial charge in [0.05, 0.1) is 12.9 Å². The zero-order chi connectivity index (χ0) is 16.6. The molecule has 2 unspecified atom stereocenters. The van der Waals surface area contributed by atoms with Crippen molar-refractivity contribution in [3.05, 3.63) is 16.7 Å². The summed E-state index contributed by atoms with van der Waals surface area (Å²) in [6.07, 6.45) is -3.30. The molecule has 0 saturated carbocycles. The van der Waals surface area contributed by atoms with Gasteiger partial charge in [-0.2, -0.15) is 4.98 Å². The molecule has 3 rings (SSSR count). The van der Waals surface area contributed by atoms with Crippen LogP contribution in [-0.4, -0.2) is 61.5 Å². The van der Waals surface area contributed by atoms with E-state index in [1.165, 1.54) is 10.9 Å². The normalized spacial score (nSPS) is 27.8. The van der Waals surface area contributed by atoms with Gasteiger partial charge in [-0.3, -0.25) is 14.3 Å². The molecule has 0 spiro atoms. The number of imidazole rings is 1. The van der Waals surface area contributed by atoms with Crippen molar-refractivity contribution in [2.45, 2.75) is 24.5 Å². The monoisotopic (exact) mass is 331 g/mol. The molecule has 1 saturated heterocycles. The molecule has 2 aromatic rings. The topological polar surface area (TPSA) is 158 Å². The standard InChI is InChI=1S/C11H14FN5O6/c12-2-21-23-7-6(19)4(1-18)22-10(7)17-3-14-5-8(17)15-11(13)16-9(5)20/h3-4,6-7,10,18-19H,1-2H2,(H3,13,15,16,20)/t4-,6?,7?,10-/m1/s1. The third-order valence-corrected chi connectivity index (χ3v) is 3.44. The number of aliphatic hydroxyl groups excluding tert-OH is 2. The molecule has 2 aromatic heterocycles. The second kappa shape index (κ2) is 6.17. The molecule has 0 radical (unpaired) electrons. The number of nitrogens with two attached hydrogens (primary N) is 1. The van der Waals surface area contributed by atoms with Gasteiger partial charge >= 0.3 is 0 Å². The number of ether oxygens (including phenoxy) is 1. The number of hydrogen-bond donors (Lipinski definition) is 4. The van der Waals surface area contributed by atoms with E-state index in [1.54, 1.807) is 0 Å². The first kappa shape index (κ1) is 15.8. The fourth-order valence-corrected chi connectivity index (χ4v) is 2.43. The number of halogens is 1. The highest BCUT2D eigenvalue weighted by Crippen LogP contribution is 2.33. The van der Waals surface area contributed by atoms with Crippen molar-refractivity contribution in [2.24, 2.45) is 0 Å². The predicted molar refractivity (Wildman–Crippen MR) is 71.5 cm³/mol. The largest absolute Gasteiger partial charge is 0.394 e. The molecule has 12 heteroatoms. The summed E-state index contributed by atoms with van der Waals surface area (Å²) < 4.78 is 18.9. The second-order valence-corrected chi connectivity index (χ2v) is 4.80. The number of H-pyrrole nitrogens is 1. The summed E-state index contributed by atoms with van der Waals surface area (Å²) in [5, 5.41) is 19.3. The predicted octanol–water partition coefficient (Wildman–Crippen LogP) is -1.80. The summed E-state index contributed by atoms with van der Waals surface area (Å²) in [7, 11) is 0. The highest BCUT2D eigenvalue weighted by molar-refractivity contribution is 5.70. The molecule has 1 aliphatic rings. The lowest BCUT2D eigenvalue weighted by atomic mass is 10.1. The van der Waals surface area contributed by atoms with Crippen LogP contribution in [0.2, 0.25) is 0 Å². The zero-order valence-electron chi connectivity index (χ0n) is 11.6. The van der Waals surface area contributed by atoms with Gasteiger partial charge in [-0.05, 0) is 0 Å². The van der Waals surface area contributed by atoms with E-state index >= 15 is 0 Å². The van der Waals surface area contributed by atoms with Crippen molar-refractivity contribution < 1.29 is 29.1 Å². The Kier molecular flexibility index (Phi) is 4.23. The van der Waals surface area contributed by atoms with Gasteiger partial charge in [-0.1, -0.05) is 0 Å². The van der Waals surface area contributed by atoms with E-state index in [-0.39, 0.29) is 17.1 Å². The summed E-state index contributed by atoms with van der Waals surface area (Å²) in [6.45, 7) is -1.74. The van der Waals surface area contributed by atoms with Crippen LogP contribution in [0.5, 0.6) is 0 Å². The number of hydrogen-bond acceptors (Lipinski definition) is 9. The summed E-state index contributed by atoms with van der Waals surface area (Å²) in [4.78, 5) is 31.0. The number of fused-ring (bicyclic) bond motifs is 1. The minimum absolute atomic E-state index is 0.00472. The first-order valence-electron chi connectivity index (χ1n) is 6.57. The van der Waals surface area contributed by atoms with Crippen molar-refractivity contribution in [1.82, 2.24) is 19.5 Å². The van der Waals surface area contributed by atoms with Crippen LogP contribution in [0.4, 0.5) is 10.3 Å². The molecule has 0 aromatic carbocycles. The van der Waals surface area contributed by atoms with E-state index in [9.17, 15) is 19.4 Å². The molecule has 0 bridgehead atoms. The molecule has 11 nitrogen and oxygen atoms in total. The molecular formula is C11H14FN5O6. The fourth-order valence-electron chi connectivity index (χ4n) is 2.43. The van der Waals surface area contributed by atoms with Gasteiger partial charge in [0.1, 0.15) is 12.2 Å². The van der Waals surface area contributed by atoms with Gasteiger partial charge < -0.3 is 20.7 Å². The van der Waals surface area contributed by atoms with Crippen LogP contribution < -0.4 is 11.3 Å². The Morgan fingerprint density at radius 1 is 1.57 bits per heavy atom. The number of anilines is 1. The fraction of sp³-hybridized carbons (Fsp3) is 0.545. The minimum Gasteiger partial charge on any atom is -0.394 e. The maximum atomic E-state index is 12.2. The number of aromatic nitrogens is 4. The SMILES string of the molecule is Nc1nc2c(ncn2[C@@H]2O[C@H](CO)C(O)C2OOCF)c(=O)[nH]1. The van der Waals surface area contributed by atoms with Crippen LogP contribution in [0, 0.1) is 0 Å². The Balaban J connectivity index is 2.03. The van der Waals surface area contributed by atoms with Gasteiger partial charge in [-0.25, -0.2) is 19.1 Å². The van der Waals surface area contributed by atoms with Crippen LogP contribution in [-0.2, 0) is 14.5 Å². The van der Waals surface area contributed by atoms with Gasteiger partial charge in [0.25, 0.3) is 5.56 Å². The highest BCUT2D eigenvalue weighted by atomic mass is 19.1. The van der Waals surface area contributed by atoms with Gasteiger partial charge in [0.15, 0.2) is 23.5 Å².